The van der Waals surface area contributed by atoms with Gasteiger partial charge in [-0.3, -0.25) is 9.69 Å². The van der Waals surface area contributed by atoms with E-state index in [4.69, 9.17) is 4.74 Å². The van der Waals surface area contributed by atoms with E-state index in [1.54, 1.807) is 0 Å². The van der Waals surface area contributed by atoms with Crippen molar-refractivity contribution in [3.05, 3.63) is 0 Å². The molecular formula is C13H25NO4. The highest BCUT2D eigenvalue weighted by molar-refractivity contribution is 5.73. The maximum atomic E-state index is 11.4. The van der Waals surface area contributed by atoms with Crippen LogP contribution < -0.4 is 0 Å². The summed E-state index contributed by atoms with van der Waals surface area (Å²) in [5.41, 5.74) is -0.411. The third-order valence-corrected chi connectivity index (χ3v) is 3.27. The summed E-state index contributed by atoms with van der Waals surface area (Å²) in [5.74, 6) is -0.780. The van der Waals surface area contributed by atoms with Gasteiger partial charge < -0.3 is 14.9 Å². The van der Waals surface area contributed by atoms with Crippen molar-refractivity contribution in [2.45, 2.75) is 57.8 Å². The summed E-state index contributed by atoms with van der Waals surface area (Å²) >= 11 is 0. The van der Waals surface area contributed by atoms with Gasteiger partial charge in [-0.15, -0.1) is 0 Å². The van der Waals surface area contributed by atoms with E-state index >= 15 is 0 Å². The lowest BCUT2D eigenvalue weighted by molar-refractivity contribution is -0.169. The second-order valence-corrected chi connectivity index (χ2v) is 5.61. The van der Waals surface area contributed by atoms with Crippen molar-refractivity contribution < 1.29 is 19.7 Å². The lowest BCUT2D eigenvalue weighted by Gasteiger charge is -2.44. The minimum absolute atomic E-state index is 0.0694. The molecule has 0 spiro atoms. The predicted octanol–water partition coefficient (Wildman–Crippen LogP) is 1.10. The van der Waals surface area contributed by atoms with Crippen LogP contribution in [0.1, 0.15) is 40.0 Å². The van der Waals surface area contributed by atoms with Gasteiger partial charge in [-0.2, -0.15) is 0 Å². The first-order chi connectivity index (χ1) is 8.39. The van der Waals surface area contributed by atoms with Crippen molar-refractivity contribution in [1.29, 1.82) is 0 Å². The van der Waals surface area contributed by atoms with Crippen molar-refractivity contribution in [3.63, 3.8) is 0 Å². The van der Waals surface area contributed by atoms with Crippen molar-refractivity contribution in [2.24, 2.45) is 0 Å². The van der Waals surface area contributed by atoms with E-state index in [2.05, 4.69) is 6.92 Å². The van der Waals surface area contributed by atoms with Crippen LogP contribution in [0.25, 0.3) is 0 Å². The largest absolute Gasteiger partial charge is 0.480 e. The number of aliphatic hydroxyl groups excluding tert-OH is 1. The Bertz CT molecular complexity index is 280. The van der Waals surface area contributed by atoms with E-state index in [9.17, 15) is 15.0 Å². The molecule has 1 fully saturated rings. The molecule has 0 amide bonds. The topological polar surface area (TPSA) is 70.0 Å². The van der Waals surface area contributed by atoms with Crippen LogP contribution in [-0.2, 0) is 9.53 Å². The standard InChI is InChI=1S/C13H25NO4/c1-4-5-6-11(12(16)17)14-7-10(8-15)18-13(2,3)9-14/h10-11,15H,4-9H2,1-3H3,(H,16,17). The van der Waals surface area contributed by atoms with Crippen molar-refractivity contribution in [2.75, 3.05) is 19.7 Å². The second-order valence-electron chi connectivity index (χ2n) is 5.61. The Morgan fingerprint density at radius 2 is 2.22 bits per heavy atom. The van der Waals surface area contributed by atoms with E-state index in [1.807, 2.05) is 18.7 Å². The number of hydrogen-bond acceptors (Lipinski definition) is 4. The zero-order valence-electron chi connectivity index (χ0n) is 11.6. The number of carbonyl (C=O) groups is 1. The third-order valence-electron chi connectivity index (χ3n) is 3.27. The smallest absolute Gasteiger partial charge is 0.320 e. The molecule has 1 heterocycles. The monoisotopic (exact) mass is 259 g/mol. The molecule has 0 aliphatic carbocycles. The highest BCUT2D eigenvalue weighted by atomic mass is 16.5. The summed E-state index contributed by atoms with van der Waals surface area (Å²) in [7, 11) is 0. The van der Waals surface area contributed by atoms with E-state index < -0.39 is 17.6 Å². The van der Waals surface area contributed by atoms with Gasteiger partial charge in [0.25, 0.3) is 0 Å². The van der Waals surface area contributed by atoms with Gasteiger partial charge in [0.2, 0.25) is 0 Å². The molecule has 1 aliphatic rings. The fourth-order valence-electron chi connectivity index (χ4n) is 2.53. The zero-order valence-corrected chi connectivity index (χ0v) is 11.6. The predicted molar refractivity (Wildman–Crippen MR) is 68.6 cm³/mol. The SMILES string of the molecule is CCCCC(C(=O)O)N1CC(CO)OC(C)(C)C1. The van der Waals surface area contributed by atoms with Crippen LogP contribution in [0.5, 0.6) is 0 Å². The molecule has 1 aliphatic heterocycles. The highest BCUT2D eigenvalue weighted by Crippen LogP contribution is 2.24. The fourth-order valence-corrected chi connectivity index (χ4v) is 2.53. The third kappa shape index (κ3) is 4.23. The van der Waals surface area contributed by atoms with Crippen LogP contribution >= 0.6 is 0 Å². The number of ether oxygens (including phenoxy) is 1. The van der Waals surface area contributed by atoms with E-state index in [1.165, 1.54) is 0 Å². The van der Waals surface area contributed by atoms with Crippen LogP contribution in [0.3, 0.4) is 0 Å². The molecular weight excluding hydrogens is 234 g/mol. The number of unbranched alkanes of at least 4 members (excludes halogenated alkanes) is 1. The summed E-state index contributed by atoms with van der Waals surface area (Å²) in [6.45, 7) is 6.92. The van der Waals surface area contributed by atoms with Crippen molar-refractivity contribution in [1.82, 2.24) is 4.90 Å². The molecule has 18 heavy (non-hydrogen) atoms. The summed E-state index contributed by atoms with van der Waals surface area (Å²) in [4.78, 5) is 13.3. The molecule has 1 saturated heterocycles. The number of carboxylic acids is 1. The van der Waals surface area contributed by atoms with Crippen LogP contribution in [0.15, 0.2) is 0 Å². The Morgan fingerprint density at radius 3 is 2.72 bits per heavy atom. The van der Waals surface area contributed by atoms with Gasteiger partial charge in [0.1, 0.15) is 6.04 Å². The lowest BCUT2D eigenvalue weighted by Crippen LogP contribution is -2.58. The molecule has 2 unspecified atom stereocenters. The van der Waals surface area contributed by atoms with Crippen LogP contribution in [0.2, 0.25) is 0 Å². The highest BCUT2D eigenvalue weighted by Gasteiger charge is 2.38. The number of morpholine rings is 1. The van der Waals surface area contributed by atoms with Gasteiger partial charge in [0.05, 0.1) is 18.3 Å². The number of rotatable bonds is 6. The normalized spacial score (nSPS) is 25.9. The number of aliphatic carboxylic acids is 1. The van der Waals surface area contributed by atoms with Crippen LogP contribution in [0.4, 0.5) is 0 Å². The molecule has 106 valence electrons. The van der Waals surface area contributed by atoms with E-state index in [-0.39, 0.29) is 12.7 Å². The summed E-state index contributed by atoms with van der Waals surface area (Å²) < 4.78 is 5.70. The Morgan fingerprint density at radius 1 is 1.56 bits per heavy atom. The van der Waals surface area contributed by atoms with Gasteiger partial charge >= 0.3 is 5.97 Å². The van der Waals surface area contributed by atoms with Crippen molar-refractivity contribution in [3.8, 4) is 0 Å². The molecule has 0 aromatic heterocycles. The number of aliphatic hydroxyl groups is 1. The summed E-state index contributed by atoms with van der Waals surface area (Å²) in [6, 6.07) is -0.470. The number of nitrogens with zero attached hydrogens (tertiary/aromatic N) is 1. The average Bonchev–Trinajstić information content (AvgIpc) is 2.27. The summed E-state index contributed by atoms with van der Waals surface area (Å²) in [6.07, 6.45) is 2.25. The van der Waals surface area contributed by atoms with Gasteiger partial charge in [0.15, 0.2) is 0 Å². The molecule has 0 radical (unpaired) electrons. The molecule has 1 rings (SSSR count). The molecule has 0 bridgehead atoms. The first-order valence-electron chi connectivity index (χ1n) is 6.65. The van der Waals surface area contributed by atoms with Crippen LogP contribution in [-0.4, -0.2) is 58.5 Å². The minimum atomic E-state index is -0.780. The first-order valence-corrected chi connectivity index (χ1v) is 6.65. The zero-order chi connectivity index (χ0) is 13.8. The molecule has 5 heteroatoms. The van der Waals surface area contributed by atoms with Gasteiger partial charge in [-0.1, -0.05) is 19.8 Å². The Kier molecular flexibility index (Phi) is 5.56. The average molecular weight is 259 g/mol. The molecule has 2 N–H and O–H groups in total. The van der Waals surface area contributed by atoms with Gasteiger partial charge in [-0.25, -0.2) is 0 Å². The second kappa shape index (κ2) is 6.50. The quantitative estimate of drug-likeness (QED) is 0.747. The van der Waals surface area contributed by atoms with Gasteiger partial charge in [0, 0.05) is 13.1 Å². The molecule has 2 atom stereocenters. The Labute approximate surface area is 109 Å². The van der Waals surface area contributed by atoms with E-state index in [0.29, 0.717) is 19.5 Å². The first kappa shape index (κ1) is 15.4. The molecule has 0 aromatic rings. The van der Waals surface area contributed by atoms with Crippen LogP contribution in [0, 0.1) is 0 Å². The Hall–Kier alpha value is -0.650. The van der Waals surface area contributed by atoms with Crippen molar-refractivity contribution >= 4 is 5.97 Å². The van der Waals surface area contributed by atoms with E-state index in [0.717, 1.165) is 12.8 Å². The number of hydrogen-bond donors (Lipinski definition) is 2. The minimum Gasteiger partial charge on any atom is -0.480 e. The maximum absolute atomic E-state index is 11.4. The lowest BCUT2D eigenvalue weighted by atomic mass is 10.0. The maximum Gasteiger partial charge on any atom is 0.320 e. The Balaban J connectivity index is 2.73. The summed E-state index contributed by atoms with van der Waals surface area (Å²) in [5, 5.41) is 18.6. The molecule has 0 saturated carbocycles. The molecule has 5 nitrogen and oxygen atoms in total. The number of carboxylic acid groups (broad SMARTS) is 1. The molecule has 0 aromatic carbocycles. The fraction of sp³-hybridized carbons (Fsp3) is 0.923. The van der Waals surface area contributed by atoms with Gasteiger partial charge in [-0.05, 0) is 20.3 Å².